The number of pyridine rings is 1. The van der Waals surface area contributed by atoms with Crippen molar-refractivity contribution in [2.45, 2.75) is 32.3 Å². The first-order valence-electron chi connectivity index (χ1n) is 5.81. The molecule has 0 aliphatic carbocycles. The molecule has 0 amide bonds. The number of aromatic nitrogens is 5. The van der Waals surface area contributed by atoms with Gasteiger partial charge in [-0.05, 0) is 38.8 Å². The van der Waals surface area contributed by atoms with E-state index < -0.39 is 6.10 Å². The van der Waals surface area contributed by atoms with E-state index in [-0.39, 0.29) is 51.4 Å². The molecule has 2 heterocycles. The van der Waals surface area contributed by atoms with Gasteiger partial charge in [0.2, 0.25) is 0 Å². The molecule has 0 spiro atoms. The number of H-pyrrole nitrogens is 1. The number of nitrogens with zero attached hydrogens (tertiary/aromatic N) is 4. The van der Waals surface area contributed by atoms with E-state index in [1.165, 1.54) is 0 Å². The summed E-state index contributed by atoms with van der Waals surface area (Å²) in [4.78, 5) is 4.33. The molecule has 0 aromatic carbocycles. The van der Waals surface area contributed by atoms with Gasteiger partial charge in [0.1, 0.15) is 10.3 Å². The Morgan fingerprint density at radius 2 is 2.21 bits per heavy atom. The third kappa shape index (κ3) is 4.66. The van der Waals surface area contributed by atoms with Crippen LogP contribution in [-0.2, 0) is 0 Å². The second-order valence-corrected chi connectivity index (χ2v) is 4.79. The summed E-state index contributed by atoms with van der Waals surface area (Å²) < 4.78 is 0.681. The van der Waals surface area contributed by atoms with Crippen molar-refractivity contribution in [2.75, 3.05) is 0 Å². The molecule has 19 heavy (non-hydrogen) atoms. The van der Waals surface area contributed by atoms with Gasteiger partial charge in [-0.3, -0.25) is 0 Å². The SMILES string of the molecule is CCCCC(O)c1ccc(Br)nc1-c1nnn[nH]1.[KH]. The zero-order valence-corrected chi connectivity index (χ0v) is 11.6. The third-order valence-electron chi connectivity index (χ3n) is 2.65. The van der Waals surface area contributed by atoms with E-state index in [0.717, 1.165) is 18.4 Å². The molecule has 2 N–H and O–H groups in total. The average molecular weight is 352 g/mol. The first-order chi connectivity index (χ1) is 8.72. The van der Waals surface area contributed by atoms with Crippen LogP contribution in [-0.4, -0.2) is 82.1 Å². The van der Waals surface area contributed by atoms with Crippen LogP contribution in [0.5, 0.6) is 0 Å². The molecular weight excluding hydrogens is 337 g/mol. The van der Waals surface area contributed by atoms with Gasteiger partial charge in [0.05, 0.1) is 6.10 Å². The van der Waals surface area contributed by atoms with Crippen LogP contribution in [0, 0.1) is 0 Å². The molecule has 0 aliphatic rings. The predicted molar refractivity (Wildman–Crippen MR) is 76.7 cm³/mol. The van der Waals surface area contributed by atoms with Crippen LogP contribution < -0.4 is 0 Å². The topological polar surface area (TPSA) is 87.6 Å². The van der Waals surface area contributed by atoms with Crippen molar-refractivity contribution >= 4 is 67.3 Å². The molecule has 2 aromatic rings. The first kappa shape index (κ1) is 17.3. The van der Waals surface area contributed by atoms with Crippen molar-refractivity contribution in [1.29, 1.82) is 0 Å². The van der Waals surface area contributed by atoms with Gasteiger partial charge in [0.15, 0.2) is 5.82 Å². The summed E-state index contributed by atoms with van der Waals surface area (Å²) in [5, 5.41) is 23.8. The first-order valence-corrected chi connectivity index (χ1v) is 6.60. The van der Waals surface area contributed by atoms with Crippen LogP contribution in [0.1, 0.15) is 37.9 Å². The van der Waals surface area contributed by atoms with Gasteiger partial charge in [-0.15, -0.1) is 5.10 Å². The fraction of sp³-hybridized carbons (Fsp3) is 0.455. The Bertz CT molecular complexity index is 508. The van der Waals surface area contributed by atoms with E-state index in [9.17, 15) is 5.11 Å². The zero-order valence-electron chi connectivity index (χ0n) is 9.97. The molecule has 8 heteroatoms. The van der Waals surface area contributed by atoms with E-state index in [2.05, 4.69) is 48.5 Å². The summed E-state index contributed by atoms with van der Waals surface area (Å²) >= 11 is 3.31. The molecule has 0 saturated carbocycles. The number of aromatic amines is 1. The van der Waals surface area contributed by atoms with E-state index in [1.807, 2.05) is 6.07 Å². The molecule has 1 atom stereocenters. The van der Waals surface area contributed by atoms with E-state index >= 15 is 0 Å². The Morgan fingerprint density at radius 3 is 2.84 bits per heavy atom. The van der Waals surface area contributed by atoms with Gasteiger partial charge < -0.3 is 5.11 Å². The quantitative estimate of drug-likeness (QED) is 0.630. The normalized spacial score (nSPS) is 11.9. The van der Waals surface area contributed by atoms with Crippen molar-refractivity contribution in [1.82, 2.24) is 25.6 Å². The number of hydrogen-bond acceptors (Lipinski definition) is 5. The average Bonchev–Trinajstić information content (AvgIpc) is 2.89. The Hall–Kier alpha value is 0.296. The molecule has 2 aromatic heterocycles. The maximum atomic E-state index is 10.2. The van der Waals surface area contributed by atoms with Crippen LogP contribution in [0.4, 0.5) is 0 Å². The van der Waals surface area contributed by atoms with Crippen LogP contribution in [0.3, 0.4) is 0 Å². The Morgan fingerprint density at radius 1 is 1.42 bits per heavy atom. The van der Waals surface area contributed by atoms with Gasteiger partial charge in [-0.1, -0.05) is 25.8 Å². The summed E-state index contributed by atoms with van der Waals surface area (Å²) in [6, 6.07) is 3.65. The second kappa shape index (κ2) is 8.55. The van der Waals surface area contributed by atoms with Gasteiger partial charge >= 0.3 is 51.4 Å². The predicted octanol–water partition coefficient (Wildman–Crippen LogP) is 1.60. The zero-order chi connectivity index (χ0) is 13.0. The molecule has 0 radical (unpaired) electrons. The summed E-state index contributed by atoms with van der Waals surface area (Å²) in [5.74, 6) is 0.460. The Kier molecular flexibility index (Phi) is 7.81. The number of nitrogens with one attached hydrogen (secondary N) is 1. The molecule has 0 bridgehead atoms. The van der Waals surface area contributed by atoms with Crippen molar-refractivity contribution in [3.05, 3.63) is 22.3 Å². The minimum absolute atomic E-state index is 0. The van der Waals surface area contributed by atoms with Crippen LogP contribution in [0.15, 0.2) is 16.7 Å². The molecule has 0 fully saturated rings. The molecule has 6 nitrogen and oxygen atoms in total. The van der Waals surface area contributed by atoms with Gasteiger partial charge in [-0.25, -0.2) is 10.1 Å². The van der Waals surface area contributed by atoms with Crippen LogP contribution >= 0.6 is 15.9 Å². The van der Waals surface area contributed by atoms with E-state index in [0.29, 0.717) is 22.5 Å². The second-order valence-electron chi connectivity index (χ2n) is 3.98. The summed E-state index contributed by atoms with van der Waals surface area (Å²) in [6.45, 7) is 2.09. The standard InChI is InChI=1S/C11H14BrN5O.K.H/c1-2-3-4-8(18)7-5-6-9(12)13-10(7)11-14-16-17-15-11;;/h5-6,8,18H,2-4H2,1H3,(H,14,15,16,17);;. The number of tetrazole rings is 1. The number of aliphatic hydroxyl groups is 1. The third-order valence-corrected chi connectivity index (χ3v) is 3.09. The molecular formula is C11H15BrKN5O. The summed E-state index contributed by atoms with van der Waals surface area (Å²) in [7, 11) is 0. The van der Waals surface area contributed by atoms with Crippen molar-refractivity contribution in [3.63, 3.8) is 0 Å². The number of hydrogen-bond donors (Lipinski definition) is 2. The van der Waals surface area contributed by atoms with Crippen molar-refractivity contribution in [3.8, 4) is 11.5 Å². The number of rotatable bonds is 5. The Balaban J connectivity index is 0.00000180. The number of unbranched alkanes of at least 4 members (excludes halogenated alkanes) is 1. The monoisotopic (exact) mass is 351 g/mol. The number of halogens is 1. The fourth-order valence-corrected chi connectivity index (χ4v) is 2.03. The Labute approximate surface area is 162 Å². The minimum atomic E-state index is -0.550. The van der Waals surface area contributed by atoms with E-state index in [4.69, 9.17) is 0 Å². The molecule has 98 valence electrons. The maximum absolute atomic E-state index is 10.2. The molecule has 0 saturated heterocycles. The van der Waals surface area contributed by atoms with Crippen molar-refractivity contribution in [2.24, 2.45) is 0 Å². The molecule has 0 aliphatic heterocycles. The summed E-state index contributed by atoms with van der Waals surface area (Å²) in [6.07, 6.45) is 2.16. The van der Waals surface area contributed by atoms with Gasteiger partial charge in [0, 0.05) is 5.56 Å². The van der Waals surface area contributed by atoms with E-state index in [1.54, 1.807) is 6.07 Å². The summed E-state index contributed by atoms with van der Waals surface area (Å²) in [5.41, 5.74) is 1.32. The van der Waals surface area contributed by atoms with Gasteiger partial charge in [-0.2, -0.15) is 0 Å². The van der Waals surface area contributed by atoms with Crippen LogP contribution in [0.25, 0.3) is 11.5 Å². The fourth-order valence-electron chi connectivity index (χ4n) is 1.72. The molecule has 1 unspecified atom stereocenters. The van der Waals surface area contributed by atoms with Gasteiger partial charge in [0.25, 0.3) is 0 Å². The van der Waals surface area contributed by atoms with Crippen LogP contribution in [0.2, 0.25) is 0 Å². The van der Waals surface area contributed by atoms with Crippen molar-refractivity contribution < 1.29 is 5.11 Å². The molecule has 2 rings (SSSR count). The number of aliphatic hydroxyl groups excluding tert-OH is 1.